The Morgan fingerprint density at radius 2 is 1.85 bits per heavy atom. The molecule has 146 valence electrons. The number of benzene rings is 1. The molecule has 2 N–H and O–H groups in total. The number of carbonyl (C=O) groups excluding carboxylic acids is 1. The molecule has 1 saturated carbocycles. The second kappa shape index (κ2) is 12.1. The topological polar surface area (TPSA) is 62.7 Å². The van der Waals surface area contributed by atoms with Gasteiger partial charge in [0.05, 0.1) is 12.5 Å². The van der Waals surface area contributed by atoms with Gasteiger partial charge in [-0.1, -0.05) is 29.8 Å². The van der Waals surface area contributed by atoms with Crippen LogP contribution in [-0.4, -0.2) is 38.2 Å². The van der Waals surface area contributed by atoms with Crippen LogP contribution in [0.25, 0.3) is 0 Å². The van der Waals surface area contributed by atoms with E-state index < -0.39 is 0 Å². The van der Waals surface area contributed by atoms with E-state index in [1.165, 1.54) is 11.1 Å². The van der Waals surface area contributed by atoms with Gasteiger partial charge in [-0.2, -0.15) is 0 Å². The highest BCUT2D eigenvalue weighted by atomic mass is 127. The van der Waals surface area contributed by atoms with E-state index in [1.54, 1.807) is 7.05 Å². The van der Waals surface area contributed by atoms with Crippen LogP contribution < -0.4 is 10.6 Å². The first-order chi connectivity index (χ1) is 12.1. The van der Waals surface area contributed by atoms with Crippen molar-refractivity contribution in [2.75, 3.05) is 20.2 Å². The maximum absolute atomic E-state index is 11.8. The first kappa shape index (κ1) is 22.7. The van der Waals surface area contributed by atoms with Gasteiger partial charge < -0.3 is 15.4 Å². The average Bonchev–Trinajstić information content (AvgIpc) is 2.63. The fourth-order valence-corrected chi connectivity index (χ4v) is 3.20. The molecule has 6 heteroatoms. The lowest BCUT2D eigenvalue weighted by Crippen LogP contribution is -2.45. The van der Waals surface area contributed by atoms with Gasteiger partial charge in [-0.3, -0.25) is 9.79 Å². The highest BCUT2D eigenvalue weighted by Gasteiger charge is 2.27. The molecule has 0 unspecified atom stereocenters. The molecule has 1 aliphatic carbocycles. The van der Waals surface area contributed by atoms with Crippen molar-refractivity contribution in [3.05, 3.63) is 35.4 Å². The minimum absolute atomic E-state index is 0. The Kier molecular flexibility index (Phi) is 10.6. The van der Waals surface area contributed by atoms with Crippen LogP contribution in [0.2, 0.25) is 0 Å². The molecule has 0 spiro atoms. The lowest BCUT2D eigenvalue weighted by molar-refractivity contribution is -0.149. The summed E-state index contributed by atoms with van der Waals surface area (Å²) in [5.41, 5.74) is 2.61. The van der Waals surface area contributed by atoms with Crippen LogP contribution in [0.4, 0.5) is 0 Å². The van der Waals surface area contributed by atoms with Crippen LogP contribution in [0.15, 0.2) is 29.3 Å². The van der Waals surface area contributed by atoms with E-state index in [0.717, 1.165) is 44.6 Å². The van der Waals surface area contributed by atoms with Crippen LogP contribution in [0.5, 0.6) is 0 Å². The minimum Gasteiger partial charge on any atom is -0.466 e. The Labute approximate surface area is 174 Å². The lowest BCUT2D eigenvalue weighted by atomic mass is 9.86. The molecule has 0 saturated heterocycles. The van der Waals surface area contributed by atoms with Crippen LogP contribution in [0.1, 0.15) is 43.7 Å². The summed E-state index contributed by atoms with van der Waals surface area (Å²) in [7, 11) is 1.80. The molecule has 0 radical (unpaired) electrons. The molecule has 1 fully saturated rings. The maximum atomic E-state index is 11.8. The molecule has 5 nitrogen and oxygen atoms in total. The Morgan fingerprint density at radius 1 is 1.19 bits per heavy atom. The molecule has 2 rings (SSSR count). The van der Waals surface area contributed by atoms with Gasteiger partial charge in [-0.15, -0.1) is 24.0 Å². The van der Waals surface area contributed by atoms with Gasteiger partial charge >= 0.3 is 5.97 Å². The fourth-order valence-electron chi connectivity index (χ4n) is 3.20. The van der Waals surface area contributed by atoms with Crippen molar-refractivity contribution in [1.82, 2.24) is 10.6 Å². The second-order valence-corrected chi connectivity index (χ2v) is 6.68. The number of nitrogens with one attached hydrogen (secondary N) is 2. The number of hydrogen-bond donors (Lipinski definition) is 2. The molecule has 0 bridgehead atoms. The smallest absolute Gasteiger partial charge is 0.308 e. The van der Waals surface area contributed by atoms with Gasteiger partial charge in [-0.25, -0.2) is 0 Å². The second-order valence-electron chi connectivity index (χ2n) is 6.68. The number of guanidine groups is 1. The number of halogens is 1. The van der Waals surface area contributed by atoms with E-state index >= 15 is 0 Å². The Balaban J connectivity index is 0.00000338. The molecule has 1 aliphatic rings. The third kappa shape index (κ3) is 7.51. The highest BCUT2D eigenvalue weighted by molar-refractivity contribution is 14.0. The quantitative estimate of drug-likeness (QED) is 0.288. The van der Waals surface area contributed by atoms with Crippen molar-refractivity contribution in [1.29, 1.82) is 0 Å². The molecule has 1 aromatic rings. The number of aryl methyl sites for hydroxylation is 1. The van der Waals surface area contributed by atoms with Crippen molar-refractivity contribution >= 4 is 35.9 Å². The van der Waals surface area contributed by atoms with Gasteiger partial charge in [0.2, 0.25) is 0 Å². The van der Waals surface area contributed by atoms with E-state index in [9.17, 15) is 4.79 Å². The largest absolute Gasteiger partial charge is 0.466 e. The molecule has 1 aromatic carbocycles. The van der Waals surface area contributed by atoms with Gasteiger partial charge in [0.25, 0.3) is 0 Å². The van der Waals surface area contributed by atoms with Crippen molar-refractivity contribution in [2.24, 2.45) is 10.9 Å². The van der Waals surface area contributed by atoms with Crippen molar-refractivity contribution in [2.45, 2.75) is 52.0 Å². The number of aliphatic imine (C=N–C) groups is 1. The molecular weight excluding hydrogens is 441 g/mol. The molecule has 0 heterocycles. The standard InChI is InChI=1S/C20H31N3O2.HI/c1-4-25-19(24)17-9-11-18(12-10-17)23-20(21-3)22-14-13-16-7-5-15(2)6-8-16;/h5-8,17-18H,4,9-14H2,1-3H3,(H2,21,22,23);1H. The number of ether oxygens (including phenoxy) is 1. The van der Waals surface area contributed by atoms with Gasteiger partial charge in [0.1, 0.15) is 0 Å². The Hall–Kier alpha value is -1.31. The molecular formula is C20H32IN3O2. The summed E-state index contributed by atoms with van der Waals surface area (Å²) in [6.45, 7) is 5.28. The zero-order chi connectivity index (χ0) is 18.1. The van der Waals surface area contributed by atoms with Crippen molar-refractivity contribution in [3.8, 4) is 0 Å². The summed E-state index contributed by atoms with van der Waals surface area (Å²) < 4.78 is 5.13. The zero-order valence-electron chi connectivity index (χ0n) is 16.1. The third-order valence-corrected chi connectivity index (χ3v) is 4.74. The molecule has 0 amide bonds. The number of rotatable bonds is 6. The number of esters is 1. The predicted molar refractivity (Wildman–Crippen MR) is 117 cm³/mol. The SMILES string of the molecule is CCOC(=O)C1CCC(NC(=NC)NCCc2ccc(C)cc2)CC1.I. The van der Waals surface area contributed by atoms with E-state index in [2.05, 4.69) is 46.8 Å². The van der Waals surface area contributed by atoms with Crippen LogP contribution >= 0.6 is 24.0 Å². The summed E-state index contributed by atoms with van der Waals surface area (Å²) in [4.78, 5) is 16.1. The fraction of sp³-hybridized carbons (Fsp3) is 0.600. The monoisotopic (exact) mass is 473 g/mol. The predicted octanol–water partition coefficient (Wildman–Crippen LogP) is 3.44. The summed E-state index contributed by atoms with van der Waals surface area (Å²) >= 11 is 0. The number of hydrogen-bond acceptors (Lipinski definition) is 3. The Bertz CT molecular complexity index is 567. The van der Waals surface area contributed by atoms with E-state index in [4.69, 9.17) is 4.74 Å². The van der Waals surface area contributed by atoms with E-state index in [0.29, 0.717) is 12.6 Å². The normalized spacial score (nSPS) is 20.0. The zero-order valence-corrected chi connectivity index (χ0v) is 18.4. The molecule has 0 aromatic heterocycles. The van der Waals surface area contributed by atoms with Crippen LogP contribution in [0.3, 0.4) is 0 Å². The van der Waals surface area contributed by atoms with Crippen molar-refractivity contribution < 1.29 is 9.53 Å². The molecule has 26 heavy (non-hydrogen) atoms. The van der Waals surface area contributed by atoms with Crippen LogP contribution in [-0.2, 0) is 16.0 Å². The third-order valence-electron chi connectivity index (χ3n) is 4.74. The summed E-state index contributed by atoms with van der Waals surface area (Å²) in [5.74, 6) is 0.864. The number of carbonyl (C=O) groups is 1. The van der Waals surface area contributed by atoms with E-state index in [-0.39, 0.29) is 35.9 Å². The van der Waals surface area contributed by atoms with Gasteiger partial charge in [0.15, 0.2) is 5.96 Å². The first-order valence-corrected chi connectivity index (χ1v) is 9.31. The summed E-state index contributed by atoms with van der Waals surface area (Å²) in [6.07, 6.45) is 4.69. The summed E-state index contributed by atoms with van der Waals surface area (Å²) in [6, 6.07) is 9.00. The Morgan fingerprint density at radius 3 is 2.42 bits per heavy atom. The van der Waals surface area contributed by atoms with Crippen molar-refractivity contribution in [3.63, 3.8) is 0 Å². The average molecular weight is 473 g/mol. The molecule has 0 atom stereocenters. The van der Waals surface area contributed by atoms with Gasteiger partial charge in [-0.05, 0) is 51.5 Å². The summed E-state index contributed by atoms with van der Waals surface area (Å²) in [5, 5.41) is 6.86. The number of nitrogens with zero attached hydrogens (tertiary/aromatic N) is 1. The maximum Gasteiger partial charge on any atom is 0.308 e. The van der Waals surface area contributed by atoms with Gasteiger partial charge in [0, 0.05) is 19.6 Å². The molecule has 0 aliphatic heterocycles. The van der Waals surface area contributed by atoms with E-state index in [1.807, 2.05) is 6.92 Å². The first-order valence-electron chi connectivity index (χ1n) is 9.31. The lowest BCUT2D eigenvalue weighted by Gasteiger charge is -2.29. The highest BCUT2D eigenvalue weighted by Crippen LogP contribution is 2.25. The van der Waals surface area contributed by atoms with Crippen LogP contribution in [0, 0.1) is 12.8 Å². The minimum atomic E-state index is -0.0402.